The molecule has 0 spiro atoms. The molecule has 0 fully saturated rings. The number of anilines is 2. The molecule has 0 aliphatic rings. The number of carbonyl (C=O) groups is 2. The van der Waals surface area contributed by atoms with Gasteiger partial charge < -0.3 is 10.6 Å². The van der Waals surface area contributed by atoms with Crippen molar-refractivity contribution in [2.75, 3.05) is 10.6 Å². The number of hydrogen-bond donors (Lipinski definition) is 2. The fourth-order valence-electron chi connectivity index (χ4n) is 1.80. The van der Waals surface area contributed by atoms with Crippen molar-refractivity contribution in [1.82, 2.24) is 0 Å². The van der Waals surface area contributed by atoms with Crippen LogP contribution in [0.5, 0.6) is 0 Å². The van der Waals surface area contributed by atoms with Crippen molar-refractivity contribution >= 4 is 40.9 Å². The number of benzene rings is 2. The van der Waals surface area contributed by atoms with Gasteiger partial charge in [0.25, 0.3) is 0 Å². The van der Waals surface area contributed by atoms with Crippen LogP contribution in [0, 0.1) is 0 Å². The Morgan fingerprint density at radius 2 is 1.56 bits per heavy atom. The molecule has 0 saturated carbocycles. The summed E-state index contributed by atoms with van der Waals surface area (Å²) in [5.41, 5.74) is 1.08. The molecule has 0 unspecified atom stereocenters. The van der Waals surface area contributed by atoms with Crippen LogP contribution in [0.25, 0.3) is 6.08 Å². The van der Waals surface area contributed by atoms with Crippen molar-refractivity contribution in [3.8, 4) is 0 Å². The van der Waals surface area contributed by atoms with Crippen LogP contribution < -0.4 is 10.6 Å². The quantitative estimate of drug-likeness (QED) is 0.781. The number of halogens is 4. The van der Waals surface area contributed by atoms with E-state index < -0.39 is 18.0 Å². The lowest BCUT2D eigenvalue weighted by atomic mass is 10.2. The second-order valence-electron chi connectivity index (χ2n) is 4.91. The minimum atomic E-state index is -4.96. The highest BCUT2D eigenvalue weighted by Crippen LogP contribution is 2.19. The molecule has 0 aliphatic carbocycles. The van der Waals surface area contributed by atoms with Crippen LogP contribution in [0.15, 0.2) is 54.6 Å². The van der Waals surface area contributed by atoms with Crippen LogP contribution in [0.4, 0.5) is 24.5 Å². The zero-order valence-corrected chi connectivity index (χ0v) is 13.4. The van der Waals surface area contributed by atoms with Crippen LogP contribution in [0.1, 0.15) is 5.56 Å². The number of nitrogens with one attached hydrogen (secondary N) is 2. The summed E-state index contributed by atoms with van der Waals surface area (Å²) < 4.78 is 36.5. The molecule has 2 rings (SSSR count). The Morgan fingerprint density at radius 1 is 0.960 bits per heavy atom. The van der Waals surface area contributed by atoms with E-state index in [0.717, 1.165) is 5.56 Å². The van der Waals surface area contributed by atoms with Crippen molar-refractivity contribution in [3.63, 3.8) is 0 Å². The first-order valence-electron chi connectivity index (χ1n) is 6.97. The van der Waals surface area contributed by atoms with E-state index in [2.05, 4.69) is 5.32 Å². The van der Waals surface area contributed by atoms with Crippen molar-refractivity contribution in [2.24, 2.45) is 0 Å². The zero-order chi connectivity index (χ0) is 18.4. The molecule has 0 aliphatic heterocycles. The normalized spacial score (nSPS) is 11.4. The van der Waals surface area contributed by atoms with Gasteiger partial charge in [0.2, 0.25) is 5.91 Å². The molecule has 130 valence electrons. The van der Waals surface area contributed by atoms with Crippen LogP contribution in [-0.2, 0) is 9.59 Å². The number of rotatable bonds is 4. The third-order valence-corrected chi connectivity index (χ3v) is 3.18. The third kappa shape index (κ3) is 5.96. The SMILES string of the molecule is O=C(/C=C/c1cccc(Cl)c1)Nc1ccc(NC(=O)C(F)(F)F)cc1. The summed E-state index contributed by atoms with van der Waals surface area (Å²) in [5, 5.41) is 4.80. The molecule has 8 heteroatoms. The van der Waals surface area contributed by atoms with E-state index in [4.69, 9.17) is 11.6 Å². The summed E-state index contributed by atoms with van der Waals surface area (Å²) in [6, 6.07) is 12.2. The Morgan fingerprint density at radius 3 is 2.12 bits per heavy atom. The molecule has 0 heterocycles. The first kappa shape index (κ1) is 18.5. The molecule has 0 atom stereocenters. The smallest absolute Gasteiger partial charge is 0.323 e. The molecule has 4 nitrogen and oxygen atoms in total. The monoisotopic (exact) mass is 368 g/mol. The highest BCUT2D eigenvalue weighted by atomic mass is 35.5. The van der Waals surface area contributed by atoms with Crippen LogP contribution in [-0.4, -0.2) is 18.0 Å². The van der Waals surface area contributed by atoms with Gasteiger partial charge in [-0.05, 0) is 48.0 Å². The van der Waals surface area contributed by atoms with Crippen LogP contribution >= 0.6 is 11.6 Å². The Balaban J connectivity index is 1.94. The van der Waals surface area contributed by atoms with Crippen LogP contribution in [0.2, 0.25) is 5.02 Å². The molecule has 25 heavy (non-hydrogen) atoms. The molecular weight excluding hydrogens is 357 g/mol. The maximum atomic E-state index is 12.2. The Labute approximate surface area is 146 Å². The van der Waals surface area contributed by atoms with E-state index in [0.29, 0.717) is 10.7 Å². The lowest BCUT2D eigenvalue weighted by Gasteiger charge is -2.08. The van der Waals surface area contributed by atoms with Crippen molar-refractivity contribution in [1.29, 1.82) is 0 Å². The zero-order valence-electron chi connectivity index (χ0n) is 12.6. The van der Waals surface area contributed by atoms with Gasteiger partial charge in [0.15, 0.2) is 0 Å². The Kier molecular flexibility index (Phi) is 5.82. The molecule has 2 aromatic rings. The standard InChI is InChI=1S/C17H12ClF3N2O2/c18-12-3-1-2-11(10-12)4-9-15(24)22-13-5-7-14(8-6-13)23-16(25)17(19,20)21/h1-10H,(H,22,24)(H,23,25)/b9-4+. The van der Waals surface area contributed by atoms with Gasteiger partial charge in [-0.15, -0.1) is 0 Å². The van der Waals surface area contributed by atoms with Crippen molar-refractivity contribution in [3.05, 3.63) is 65.2 Å². The van der Waals surface area contributed by atoms with Gasteiger partial charge in [-0.25, -0.2) is 0 Å². The molecule has 2 aromatic carbocycles. The minimum Gasteiger partial charge on any atom is -0.323 e. The van der Waals surface area contributed by atoms with Gasteiger partial charge in [0, 0.05) is 22.5 Å². The predicted octanol–water partition coefficient (Wildman–Crippen LogP) is 4.49. The fraction of sp³-hybridized carbons (Fsp3) is 0.0588. The summed E-state index contributed by atoms with van der Waals surface area (Å²) >= 11 is 5.83. The Bertz CT molecular complexity index is 802. The van der Waals surface area contributed by atoms with Crippen molar-refractivity contribution in [2.45, 2.75) is 6.18 Å². The maximum absolute atomic E-state index is 12.2. The average Bonchev–Trinajstić information content (AvgIpc) is 2.54. The van der Waals surface area contributed by atoms with Gasteiger partial charge in [0.05, 0.1) is 0 Å². The molecule has 2 amide bonds. The number of hydrogen-bond acceptors (Lipinski definition) is 2. The third-order valence-electron chi connectivity index (χ3n) is 2.94. The average molecular weight is 369 g/mol. The summed E-state index contributed by atoms with van der Waals surface area (Å²) in [7, 11) is 0. The van der Waals surface area contributed by atoms with E-state index in [9.17, 15) is 22.8 Å². The van der Waals surface area contributed by atoms with Gasteiger partial charge in [0.1, 0.15) is 0 Å². The molecule has 0 radical (unpaired) electrons. The molecule has 0 bridgehead atoms. The maximum Gasteiger partial charge on any atom is 0.471 e. The van der Waals surface area contributed by atoms with E-state index >= 15 is 0 Å². The summed E-state index contributed by atoms with van der Waals surface area (Å²) in [4.78, 5) is 22.6. The summed E-state index contributed by atoms with van der Waals surface area (Å²) in [6.45, 7) is 0. The first-order chi connectivity index (χ1) is 11.7. The second-order valence-corrected chi connectivity index (χ2v) is 5.34. The Hall–Kier alpha value is -2.80. The molecule has 0 aromatic heterocycles. The molecular formula is C17H12ClF3N2O2. The highest BCUT2D eigenvalue weighted by molar-refractivity contribution is 6.30. The topological polar surface area (TPSA) is 58.2 Å². The summed E-state index contributed by atoms with van der Waals surface area (Å²) in [6.07, 6.45) is -2.10. The number of amides is 2. The van der Waals surface area contributed by atoms with E-state index in [-0.39, 0.29) is 5.69 Å². The van der Waals surface area contributed by atoms with Gasteiger partial charge >= 0.3 is 12.1 Å². The lowest BCUT2D eigenvalue weighted by Crippen LogP contribution is -2.29. The molecule has 2 N–H and O–H groups in total. The predicted molar refractivity (Wildman–Crippen MR) is 90.2 cm³/mol. The van der Waals surface area contributed by atoms with Gasteiger partial charge in [-0.2, -0.15) is 13.2 Å². The van der Waals surface area contributed by atoms with Crippen molar-refractivity contribution < 1.29 is 22.8 Å². The van der Waals surface area contributed by atoms with Gasteiger partial charge in [-0.1, -0.05) is 23.7 Å². The fourth-order valence-corrected chi connectivity index (χ4v) is 2.00. The largest absolute Gasteiger partial charge is 0.471 e. The number of carbonyl (C=O) groups excluding carboxylic acids is 2. The first-order valence-corrected chi connectivity index (χ1v) is 7.35. The minimum absolute atomic E-state index is 0.0326. The van der Waals surface area contributed by atoms with Crippen LogP contribution in [0.3, 0.4) is 0 Å². The lowest BCUT2D eigenvalue weighted by molar-refractivity contribution is -0.167. The van der Waals surface area contributed by atoms with E-state index in [1.807, 2.05) is 0 Å². The summed E-state index contributed by atoms with van der Waals surface area (Å²) in [5.74, 6) is -2.49. The van der Waals surface area contributed by atoms with Gasteiger partial charge in [-0.3, -0.25) is 9.59 Å². The second kappa shape index (κ2) is 7.85. The van der Waals surface area contributed by atoms with E-state index in [1.54, 1.807) is 35.7 Å². The number of alkyl halides is 3. The highest BCUT2D eigenvalue weighted by Gasteiger charge is 2.38. The van der Waals surface area contributed by atoms with E-state index in [1.165, 1.54) is 30.3 Å². The molecule has 0 saturated heterocycles.